The largest absolute Gasteiger partial charge is 0.357 e. The molecule has 2 aromatic rings. The first-order valence-electron chi connectivity index (χ1n) is 9.37. The summed E-state index contributed by atoms with van der Waals surface area (Å²) in [5.41, 5.74) is 2.21. The number of amides is 1. The van der Waals surface area contributed by atoms with E-state index < -0.39 is 0 Å². The molecule has 28 heavy (non-hydrogen) atoms. The van der Waals surface area contributed by atoms with Gasteiger partial charge >= 0.3 is 0 Å². The molecule has 8 heteroatoms. The van der Waals surface area contributed by atoms with Gasteiger partial charge in [0.2, 0.25) is 5.91 Å². The molecule has 2 rings (SSSR count). The highest BCUT2D eigenvalue weighted by atomic mass is 127. The Balaban J connectivity index is 0.00000392. The summed E-state index contributed by atoms with van der Waals surface area (Å²) < 4.78 is 0. The number of guanidine groups is 1. The summed E-state index contributed by atoms with van der Waals surface area (Å²) in [5.74, 6) is 0.683. The summed E-state index contributed by atoms with van der Waals surface area (Å²) in [6, 6.07) is 10.0. The minimum atomic E-state index is 0. The Labute approximate surface area is 188 Å². The Morgan fingerprint density at radius 1 is 1.21 bits per heavy atom. The maximum atomic E-state index is 12.5. The lowest BCUT2D eigenvalue weighted by Crippen LogP contribution is -2.40. The van der Waals surface area contributed by atoms with Gasteiger partial charge in [0.05, 0.1) is 10.7 Å². The van der Waals surface area contributed by atoms with Gasteiger partial charge in [0.25, 0.3) is 0 Å². The van der Waals surface area contributed by atoms with E-state index >= 15 is 0 Å². The molecule has 0 saturated heterocycles. The lowest BCUT2D eigenvalue weighted by Gasteiger charge is -2.20. The third-order valence-electron chi connectivity index (χ3n) is 4.01. The third-order valence-corrected chi connectivity index (χ3v) is 4.83. The van der Waals surface area contributed by atoms with Gasteiger partial charge in [-0.1, -0.05) is 30.3 Å². The molecular weight excluding hydrogens is 485 g/mol. The molecule has 0 aliphatic carbocycles. The Hall–Kier alpha value is -1.68. The van der Waals surface area contributed by atoms with Crippen molar-refractivity contribution >= 4 is 47.2 Å². The number of carbonyl (C=O) groups is 1. The first-order valence-corrected chi connectivity index (χ1v) is 10.2. The number of rotatable bonds is 9. The van der Waals surface area contributed by atoms with Crippen LogP contribution in [0.3, 0.4) is 0 Å². The van der Waals surface area contributed by atoms with E-state index in [1.807, 2.05) is 56.0 Å². The molecule has 0 fully saturated rings. The maximum Gasteiger partial charge on any atom is 0.244 e. The quantitative estimate of drug-likeness (QED) is 0.306. The van der Waals surface area contributed by atoms with Crippen LogP contribution in [0.25, 0.3) is 0 Å². The van der Waals surface area contributed by atoms with Gasteiger partial charge in [0.15, 0.2) is 5.96 Å². The van der Waals surface area contributed by atoms with E-state index in [9.17, 15) is 4.79 Å². The van der Waals surface area contributed by atoms with Crippen molar-refractivity contribution in [2.45, 2.75) is 33.7 Å². The van der Waals surface area contributed by atoms with Gasteiger partial charge < -0.3 is 15.5 Å². The monoisotopic (exact) mass is 515 g/mol. The highest BCUT2D eigenvalue weighted by Crippen LogP contribution is 2.08. The average molecular weight is 515 g/mol. The number of nitrogens with one attached hydrogen (secondary N) is 2. The van der Waals surface area contributed by atoms with E-state index in [0.29, 0.717) is 19.0 Å². The SMILES string of the molecule is CCNC(=NCC(=O)N(CC)Cc1ccccc1)NCCc1csc(C)n1.I. The number of halogens is 1. The zero-order valence-electron chi connectivity index (χ0n) is 16.8. The second-order valence-corrected chi connectivity index (χ2v) is 7.19. The normalized spacial score (nSPS) is 10.9. The van der Waals surface area contributed by atoms with Crippen LogP contribution in [0.2, 0.25) is 0 Å². The molecule has 0 spiro atoms. The van der Waals surface area contributed by atoms with E-state index in [-0.39, 0.29) is 36.4 Å². The molecule has 0 aliphatic rings. The Morgan fingerprint density at radius 2 is 1.96 bits per heavy atom. The molecule has 0 bridgehead atoms. The van der Waals surface area contributed by atoms with Crippen LogP contribution in [0.4, 0.5) is 0 Å². The first-order chi connectivity index (χ1) is 13.1. The summed E-state index contributed by atoms with van der Waals surface area (Å²) in [5, 5.41) is 9.61. The van der Waals surface area contributed by atoms with Crippen LogP contribution >= 0.6 is 35.3 Å². The Kier molecular flexibility index (Phi) is 11.7. The third kappa shape index (κ3) is 8.55. The summed E-state index contributed by atoms with van der Waals surface area (Å²) in [6.45, 7) is 8.89. The van der Waals surface area contributed by atoms with Crippen molar-refractivity contribution in [2.75, 3.05) is 26.2 Å². The summed E-state index contributed by atoms with van der Waals surface area (Å²) >= 11 is 1.66. The lowest BCUT2D eigenvalue weighted by molar-refractivity contribution is -0.130. The van der Waals surface area contributed by atoms with Crippen LogP contribution in [0.5, 0.6) is 0 Å². The number of aryl methyl sites for hydroxylation is 1. The molecule has 1 heterocycles. The molecular formula is C20H30IN5OS. The molecule has 0 saturated carbocycles. The van der Waals surface area contributed by atoms with Crippen LogP contribution in [0, 0.1) is 6.92 Å². The maximum absolute atomic E-state index is 12.5. The fourth-order valence-electron chi connectivity index (χ4n) is 2.60. The van der Waals surface area contributed by atoms with Crippen molar-refractivity contribution in [2.24, 2.45) is 4.99 Å². The zero-order chi connectivity index (χ0) is 19.5. The lowest BCUT2D eigenvalue weighted by atomic mass is 10.2. The predicted octanol–water partition coefficient (Wildman–Crippen LogP) is 3.22. The number of thiazole rings is 1. The van der Waals surface area contributed by atoms with Crippen LogP contribution in [0.15, 0.2) is 40.7 Å². The average Bonchev–Trinajstić information content (AvgIpc) is 3.09. The summed E-state index contributed by atoms with van der Waals surface area (Å²) in [7, 11) is 0. The fourth-order valence-corrected chi connectivity index (χ4v) is 3.25. The molecule has 1 aromatic heterocycles. The van der Waals surface area contributed by atoms with Crippen LogP contribution in [-0.4, -0.2) is 47.9 Å². The molecule has 1 aromatic carbocycles. The first kappa shape index (κ1) is 24.4. The zero-order valence-corrected chi connectivity index (χ0v) is 19.9. The van der Waals surface area contributed by atoms with E-state index in [2.05, 4.69) is 26.0 Å². The van der Waals surface area contributed by atoms with Crippen LogP contribution < -0.4 is 10.6 Å². The van der Waals surface area contributed by atoms with E-state index in [4.69, 9.17) is 0 Å². The number of aromatic nitrogens is 1. The topological polar surface area (TPSA) is 69.6 Å². The predicted molar refractivity (Wildman–Crippen MR) is 127 cm³/mol. The van der Waals surface area contributed by atoms with Crippen LogP contribution in [0.1, 0.15) is 30.1 Å². The Bertz CT molecular complexity index is 735. The highest BCUT2D eigenvalue weighted by molar-refractivity contribution is 14.0. The van der Waals surface area contributed by atoms with E-state index in [0.717, 1.165) is 35.8 Å². The molecule has 154 valence electrons. The van der Waals surface area contributed by atoms with Gasteiger partial charge in [-0.3, -0.25) is 4.79 Å². The molecule has 0 unspecified atom stereocenters. The van der Waals surface area contributed by atoms with Gasteiger partial charge in [-0.25, -0.2) is 9.98 Å². The van der Waals surface area contributed by atoms with Crippen molar-refractivity contribution in [3.8, 4) is 0 Å². The Morgan fingerprint density at radius 3 is 2.57 bits per heavy atom. The molecule has 2 N–H and O–H groups in total. The second kappa shape index (κ2) is 13.5. The van der Waals surface area contributed by atoms with Crippen molar-refractivity contribution in [3.05, 3.63) is 52.0 Å². The second-order valence-electron chi connectivity index (χ2n) is 6.12. The molecule has 0 atom stereocenters. The number of carbonyl (C=O) groups excluding carboxylic acids is 1. The number of likely N-dealkylation sites (N-methyl/N-ethyl adjacent to an activating group) is 1. The summed E-state index contributed by atoms with van der Waals surface area (Å²) in [4.78, 5) is 23.3. The minimum Gasteiger partial charge on any atom is -0.357 e. The van der Waals surface area contributed by atoms with Crippen molar-refractivity contribution in [3.63, 3.8) is 0 Å². The molecule has 0 radical (unpaired) electrons. The summed E-state index contributed by atoms with van der Waals surface area (Å²) in [6.07, 6.45) is 0.831. The fraction of sp³-hybridized carbons (Fsp3) is 0.450. The van der Waals surface area contributed by atoms with Gasteiger partial charge in [0.1, 0.15) is 6.54 Å². The van der Waals surface area contributed by atoms with Crippen molar-refractivity contribution < 1.29 is 4.79 Å². The molecule has 1 amide bonds. The number of benzene rings is 1. The van der Waals surface area contributed by atoms with Gasteiger partial charge in [0, 0.05) is 38.0 Å². The number of aliphatic imine (C=N–C) groups is 1. The van der Waals surface area contributed by atoms with Gasteiger partial charge in [-0.2, -0.15) is 0 Å². The molecule has 0 aliphatic heterocycles. The minimum absolute atomic E-state index is 0. The van der Waals surface area contributed by atoms with E-state index in [1.54, 1.807) is 11.3 Å². The standard InChI is InChI=1S/C20H29N5OS.HI/c1-4-21-20(22-12-11-18-15-27-16(3)24-18)23-13-19(26)25(5-2)14-17-9-7-6-8-10-17;/h6-10,15H,4-5,11-14H2,1-3H3,(H2,21,22,23);1H. The van der Waals surface area contributed by atoms with Crippen molar-refractivity contribution in [1.29, 1.82) is 0 Å². The smallest absolute Gasteiger partial charge is 0.244 e. The number of hydrogen-bond acceptors (Lipinski definition) is 4. The molecule has 6 nitrogen and oxygen atoms in total. The highest BCUT2D eigenvalue weighted by Gasteiger charge is 2.12. The van der Waals surface area contributed by atoms with Gasteiger partial charge in [-0.15, -0.1) is 35.3 Å². The number of nitrogens with zero attached hydrogens (tertiary/aromatic N) is 3. The van der Waals surface area contributed by atoms with Crippen LogP contribution in [-0.2, 0) is 17.8 Å². The van der Waals surface area contributed by atoms with Gasteiger partial charge in [-0.05, 0) is 26.3 Å². The number of hydrogen-bond donors (Lipinski definition) is 2. The van der Waals surface area contributed by atoms with E-state index in [1.165, 1.54) is 0 Å². The van der Waals surface area contributed by atoms with Crippen molar-refractivity contribution in [1.82, 2.24) is 20.5 Å².